The van der Waals surface area contributed by atoms with Gasteiger partial charge in [0.05, 0.1) is 16.1 Å². The molecule has 0 spiro atoms. The van der Waals surface area contributed by atoms with Gasteiger partial charge in [0.1, 0.15) is 0 Å². The lowest BCUT2D eigenvalue weighted by atomic mass is 10.1. The van der Waals surface area contributed by atoms with E-state index in [1.54, 1.807) is 43.3 Å². The fourth-order valence-corrected chi connectivity index (χ4v) is 4.34. The average molecular weight is 404 g/mol. The van der Waals surface area contributed by atoms with E-state index in [0.717, 1.165) is 25.2 Å². The number of aryl methyl sites for hydroxylation is 2. The largest absolute Gasteiger partial charge is 0.351 e. The first kappa shape index (κ1) is 21.9. The Kier molecular flexibility index (Phi) is 7.60. The molecule has 0 fully saturated rings. The number of rotatable bonds is 9. The molecule has 6 nitrogen and oxygen atoms in total. The van der Waals surface area contributed by atoms with Crippen LogP contribution >= 0.6 is 0 Å². The molecule has 2 rings (SSSR count). The number of nitrogens with zero attached hydrogens (tertiary/aromatic N) is 1. The molecule has 0 radical (unpaired) electrons. The van der Waals surface area contributed by atoms with Crippen LogP contribution in [-0.4, -0.2) is 45.4 Å². The van der Waals surface area contributed by atoms with Gasteiger partial charge in [-0.2, -0.15) is 0 Å². The van der Waals surface area contributed by atoms with Crippen molar-refractivity contribution in [2.75, 3.05) is 30.9 Å². The Balaban J connectivity index is 2.19. The lowest BCUT2D eigenvalue weighted by Crippen LogP contribution is -2.35. The number of carbonyl (C=O) groups is 1. The average Bonchev–Trinajstić information content (AvgIpc) is 2.67. The number of likely N-dealkylation sites (N-methyl/N-ethyl adjacent to an activating group) is 1. The van der Waals surface area contributed by atoms with Crippen molar-refractivity contribution >= 4 is 21.6 Å². The summed E-state index contributed by atoms with van der Waals surface area (Å²) >= 11 is 0. The van der Waals surface area contributed by atoms with E-state index in [1.807, 2.05) is 13.0 Å². The summed E-state index contributed by atoms with van der Waals surface area (Å²) in [4.78, 5) is 15.0. The summed E-state index contributed by atoms with van der Waals surface area (Å²) in [5.41, 5.74) is 2.08. The second kappa shape index (κ2) is 9.71. The number of anilines is 1. The van der Waals surface area contributed by atoms with Gasteiger partial charge in [0.2, 0.25) is 0 Å². The Labute approximate surface area is 168 Å². The van der Waals surface area contributed by atoms with Crippen molar-refractivity contribution in [2.45, 2.75) is 32.6 Å². The zero-order valence-electron chi connectivity index (χ0n) is 17.0. The van der Waals surface area contributed by atoms with Crippen LogP contribution in [0, 0.1) is 13.8 Å². The first-order valence-corrected chi connectivity index (χ1v) is 11.0. The quantitative estimate of drug-likeness (QED) is 0.674. The number of para-hydroxylation sites is 1. The molecular formula is C21H29N3O3S. The van der Waals surface area contributed by atoms with Crippen molar-refractivity contribution in [1.29, 1.82) is 0 Å². The van der Waals surface area contributed by atoms with E-state index in [2.05, 4.69) is 28.8 Å². The predicted octanol–water partition coefficient (Wildman–Crippen LogP) is 3.18. The lowest BCUT2D eigenvalue weighted by molar-refractivity contribution is 0.0950. The van der Waals surface area contributed by atoms with Gasteiger partial charge >= 0.3 is 0 Å². The Bertz CT molecular complexity index is 922. The molecule has 0 bridgehead atoms. The van der Waals surface area contributed by atoms with Crippen LogP contribution in [0.2, 0.25) is 0 Å². The monoisotopic (exact) mass is 403 g/mol. The molecule has 2 N–H and O–H groups in total. The van der Waals surface area contributed by atoms with E-state index in [9.17, 15) is 13.2 Å². The number of benzene rings is 2. The Morgan fingerprint density at radius 2 is 1.71 bits per heavy atom. The maximum absolute atomic E-state index is 12.9. The van der Waals surface area contributed by atoms with E-state index in [4.69, 9.17) is 0 Å². The van der Waals surface area contributed by atoms with Gasteiger partial charge in [0.25, 0.3) is 15.9 Å². The second-order valence-electron chi connectivity index (χ2n) is 6.70. The molecular weight excluding hydrogens is 374 g/mol. The first-order chi connectivity index (χ1) is 13.3. The topological polar surface area (TPSA) is 78.5 Å². The highest BCUT2D eigenvalue weighted by atomic mass is 32.2. The summed E-state index contributed by atoms with van der Waals surface area (Å²) in [7, 11) is -3.80. The van der Waals surface area contributed by atoms with Crippen molar-refractivity contribution in [1.82, 2.24) is 10.2 Å². The standard InChI is InChI=1S/C21H29N3O3S/c1-5-24(6-2)14-13-22-21(25)18-9-7-8-10-19(18)23-28(26,27)20-15-16(3)11-12-17(20)4/h7-12,15,23H,5-6,13-14H2,1-4H3,(H,22,25). The highest BCUT2D eigenvalue weighted by molar-refractivity contribution is 7.92. The van der Waals surface area contributed by atoms with Crippen LogP contribution in [0.25, 0.3) is 0 Å². The van der Waals surface area contributed by atoms with Gasteiger partial charge in [-0.1, -0.05) is 38.1 Å². The van der Waals surface area contributed by atoms with Gasteiger partial charge in [-0.05, 0) is 56.3 Å². The molecule has 0 heterocycles. The number of carbonyl (C=O) groups excluding carboxylic acids is 1. The Hall–Kier alpha value is -2.38. The molecule has 0 unspecified atom stereocenters. The van der Waals surface area contributed by atoms with Gasteiger partial charge < -0.3 is 10.2 Å². The van der Waals surface area contributed by atoms with Gasteiger partial charge in [0, 0.05) is 13.1 Å². The number of amides is 1. The third kappa shape index (κ3) is 5.56. The minimum absolute atomic E-state index is 0.212. The maximum Gasteiger partial charge on any atom is 0.262 e. The maximum atomic E-state index is 12.9. The summed E-state index contributed by atoms with van der Waals surface area (Å²) in [6.45, 7) is 10.8. The van der Waals surface area contributed by atoms with Crippen LogP contribution in [-0.2, 0) is 10.0 Å². The molecule has 0 aliphatic carbocycles. The number of sulfonamides is 1. The summed E-state index contributed by atoms with van der Waals surface area (Å²) < 4.78 is 28.3. The van der Waals surface area contributed by atoms with Crippen molar-refractivity contribution in [3.63, 3.8) is 0 Å². The molecule has 28 heavy (non-hydrogen) atoms. The van der Waals surface area contributed by atoms with Crippen molar-refractivity contribution in [2.24, 2.45) is 0 Å². The number of hydrogen-bond acceptors (Lipinski definition) is 4. The summed E-state index contributed by atoms with van der Waals surface area (Å²) in [6.07, 6.45) is 0. The SMILES string of the molecule is CCN(CC)CCNC(=O)c1ccccc1NS(=O)(=O)c1cc(C)ccc1C. The fourth-order valence-electron chi connectivity index (χ4n) is 2.93. The van der Waals surface area contributed by atoms with Gasteiger partial charge in [0.15, 0.2) is 0 Å². The molecule has 7 heteroatoms. The molecule has 0 aliphatic rings. The van der Waals surface area contributed by atoms with E-state index < -0.39 is 10.0 Å². The van der Waals surface area contributed by atoms with Gasteiger partial charge in [-0.25, -0.2) is 8.42 Å². The Morgan fingerprint density at radius 1 is 1.04 bits per heavy atom. The fraction of sp³-hybridized carbons (Fsp3) is 0.381. The normalized spacial score (nSPS) is 11.5. The van der Waals surface area contributed by atoms with Gasteiger partial charge in [-0.15, -0.1) is 0 Å². The van der Waals surface area contributed by atoms with Crippen molar-refractivity contribution < 1.29 is 13.2 Å². The molecule has 0 saturated heterocycles. The third-order valence-electron chi connectivity index (χ3n) is 4.66. The highest BCUT2D eigenvalue weighted by Gasteiger charge is 2.20. The predicted molar refractivity (Wildman–Crippen MR) is 113 cm³/mol. The minimum atomic E-state index is -3.80. The molecule has 0 saturated carbocycles. The summed E-state index contributed by atoms with van der Waals surface area (Å²) in [6, 6.07) is 11.9. The molecule has 2 aromatic carbocycles. The van der Waals surface area contributed by atoms with Crippen LogP contribution in [0.5, 0.6) is 0 Å². The minimum Gasteiger partial charge on any atom is -0.351 e. The second-order valence-corrected chi connectivity index (χ2v) is 8.35. The molecule has 0 atom stereocenters. The van der Waals surface area contributed by atoms with Crippen molar-refractivity contribution in [3.8, 4) is 0 Å². The molecule has 2 aromatic rings. The van der Waals surface area contributed by atoms with E-state index in [0.29, 0.717) is 17.7 Å². The third-order valence-corrected chi connectivity index (χ3v) is 6.16. The van der Waals surface area contributed by atoms with E-state index >= 15 is 0 Å². The van der Waals surface area contributed by atoms with E-state index in [-0.39, 0.29) is 16.5 Å². The van der Waals surface area contributed by atoms with Crippen LogP contribution in [0.3, 0.4) is 0 Å². The molecule has 0 aromatic heterocycles. The van der Waals surface area contributed by atoms with Crippen LogP contribution in [0.1, 0.15) is 35.3 Å². The first-order valence-electron chi connectivity index (χ1n) is 9.48. The van der Waals surface area contributed by atoms with Crippen LogP contribution in [0.4, 0.5) is 5.69 Å². The van der Waals surface area contributed by atoms with Crippen molar-refractivity contribution in [3.05, 3.63) is 59.2 Å². The molecule has 0 aliphatic heterocycles. The number of hydrogen-bond donors (Lipinski definition) is 2. The molecule has 152 valence electrons. The zero-order chi connectivity index (χ0) is 20.7. The Morgan fingerprint density at radius 3 is 2.39 bits per heavy atom. The lowest BCUT2D eigenvalue weighted by Gasteiger charge is -2.18. The smallest absolute Gasteiger partial charge is 0.262 e. The number of nitrogens with one attached hydrogen (secondary N) is 2. The van der Waals surface area contributed by atoms with Crippen LogP contribution in [0.15, 0.2) is 47.4 Å². The van der Waals surface area contributed by atoms with Crippen LogP contribution < -0.4 is 10.0 Å². The highest BCUT2D eigenvalue weighted by Crippen LogP contribution is 2.23. The molecule has 1 amide bonds. The van der Waals surface area contributed by atoms with E-state index in [1.165, 1.54) is 0 Å². The summed E-state index contributed by atoms with van der Waals surface area (Å²) in [5.74, 6) is -0.300. The zero-order valence-corrected chi connectivity index (χ0v) is 17.8. The van der Waals surface area contributed by atoms with Gasteiger partial charge in [-0.3, -0.25) is 9.52 Å². The summed E-state index contributed by atoms with van der Waals surface area (Å²) in [5, 5.41) is 2.87.